The molecule has 260 valence electrons. The molecule has 0 fully saturated rings. The summed E-state index contributed by atoms with van der Waals surface area (Å²) >= 11 is 0. The molecule has 0 spiro atoms. The zero-order valence-corrected chi connectivity index (χ0v) is 29.6. The van der Waals surface area contributed by atoms with Gasteiger partial charge in [0.2, 0.25) is 0 Å². The van der Waals surface area contributed by atoms with Gasteiger partial charge < -0.3 is 9.47 Å². The van der Waals surface area contributed by atoms with Gasteiger partial charge in [-0.25, -0.2) is 4.79 Å². The minimum Gasteiger partial charge on any atom is -0.463 e. The molecule has 0 aliphatic carbocycles. The molecule has 44 heavy (non-hydrogen) atoms. The van der Waals surface area contributed by atoms with E-state index >= 15 is 0 Å². The molecule has 7 nitrogen and oxygen atoms in total. The second-order valence-electron chi connectivity index (χ2n) is 12.8. The third-order valence-electron chi connectivity index (χ3n) is 8.20. The van der Waals surface area contributed by atoms with Gasteiger partial charge >= 0.3 is 11.9 Å². The zero-order valence-electron chi connectivity index (χ0n) is 28.8. The Morgan fingerprint density at radius 3 is 1.52 bits per heavy atom. The summed E-state index contributed by atoms with van der Waals surface area (Å²) in [5, 5.41) is 0. The Balaban J connectivity index is 3.48. The number of esters is 2. The van der Waals surface area contributed by atoms with Crippen LogP contribution in [0.4, 0.5) is 0 Å². The van der Waals surface area contributed by atoms with Crippen LogP contribution in [0.3, 0.4) is 0 Å². The fourth-order valence-electron chi connectivity index (χ4n) is 5.44. The van der Waals surface area contributed by atoms with Crippen LogP contribution in [0.15, 0.2) is 11.6 Å². The zero-order chi connectivity index (χ0) is 32.7. The Morgan fingerprint density at radius 1 is 0.659 bits per heavy atom. The number of ether oxygens (including phenoxy) is 2. The average Bonchev–Trinajstić information content (AvgIpc) is 2.95. The smallest absolute Gasteiger partial charge is 0.330 e. The lowest BCUT2D eigenvalue weighted by atomic mass is 10.0. The van der Waals surface area contributed by atoms with Gasteiger partial charge in [0.15, 0.2) is 0 Å². The van der Waals surface area contributed by atoms with Crippen molar-refractivity contribution < 1.29 is 32.0 Å². The molecular formula is C36H68O7S. The summed E-state index contributed by atoms with van der Waals surface area (Å²) in [6.07, 6.45) is 33.1. The number of rotatable bonds is 32. The first-order valence-electron chi connectivity index (χ1n) is 18.1. The van der Waals surface area contributed by atoms with Crippen molar-refractivity contribution in [2.45, 2.75) is 194 Å². The first-order chi connectivity index (χ1) is 21.1. The van der Waals surface area contributed by atoms with Crippen LogP contribution in [0.2, 0.25) is 0 Å². The van der Waals surface area contributed by atoms with Crippen LogP contribution < -0.4 is 0 Å². The monoisotopic (exact) mass is 644 g/mol. The highest BCUT2D eigenvalue weighted by Crippen LogP contribution is 2.16. The molecule has 0 saturated heterocycles. The van der Waals surface area contributed by atoms with Gasteiger partial charge in [0, 0.05) is 12.5 Å². The fourth-order valence-corrected chi connectivity index (χ4v) is 5.74. The lowest BCUT2D eigenvalue weighted by molar-refractivity contribution is -0.148. The summed E-state index contributed by atoms with van der Waals surface area (Å²) < 4.78 is 40.3. The molecule has 0 aliphatic heterocycles. The predicted molar refractivity (Wildman–Crippen MR) is 182 cm³/mol. The maximum absolute atomic E-state index is 12.1. The molecule has 8 heteroatoms. The third-order valence-corrected chi connectivity index (χ3v) is 8.88. The highest BCUT2D eigenvalue weighted by molar-refractivity contribution is 7.85. The van der Waals surface area contributed by atoms with Crippen LogP contribution in [0.5, 0.6) is 0 Å². The molecule has 0 aromatic rings. The average molecular weight is 645 g/mol. The van der Waals surface area contributed by atoms with Crippen molar-refractivity contribution in [2.24, 2.45) is 0 Å². The second kappa shape index (κ2) is 30.3. The maximum Gasteiger partial charge on any atom is 0.330 e. The molecule has 0 aromatic carbocycles. The predicted octanol–water partition coefficient (Wildman–Crippen LogP) is 10.5. The van der Waals surface area contributed by atoms with Gasteiger partial charge in [0.25, 0.3) is 10.1 Å². The number of carbonyl (C=O) groups is 2. The third kappa shape index (κ3) is 33.5. The van der Waals surface area contributed by atoms with Crippen LogP contribution in [0.1, 0.15) is 188 Å². The first kappa shape index (κ1) is 42.6. The summed E-state index contributed by atoms with van der Waals surface area (Å²) in [6.45, 7) is 5.69. The van der Waals surface area contributed by atoms with Crippen molar-refractivity contribution in [3.8, 4) is 0 Å². The van der Waals surface area contributed by atoms with E-state index in [1.54, 1.807) is 0 Å². The molecule has 0 unspecified atom stereocenters. The van der Waals surface area contributed by atoms with Gasteiger partial charge in [-0.15, -0.1) is 0 Å². The number of unbranched alkanes of at least 4 members (excludes halogenated alkanes) is 21. The molecule has 0 aliphatic rings. The van der Waals surface area contributed by atoms with Gasteiger partial charge in [-0.05, 0) is 46.0 Å². The molecule has 0 heterocycles. The summed E-state index contributed by atoms with van der Waals surface area (Å²) in [5.74, 6) is -1.30. The van der Waals surface area contributed by atoms with E-state index in [-0.39, 0.29) is 18.7 Å². The van der Waals surface area contributed by atoms with Crippen LogP contribution in [0, 0.1) is 0 Å². The van der Waals surface area contributed by atoms with Gasteiger partial charge in [0.05, 0.1) is 6.10 Å². The van der Waals surface area contributed by atoms with E-state index < -0.39 is 21.8 Å². The number of allylic oxidation sites excluding steroid dienone is 1. The van der Waals surface area contributed by atoms with E-state index in [1.165, 1.54) is 122 Å². The highest BCUT2D eigenvalue weighted by Gasteiger charge is 2.10. The minimum absolute atomic E-state index is 0.0815. The molecule has 0 aromatic heterocycles. The Kier molecular flexibility index (Phi) is 29.3. The van der Waals surface area contributed by atoms with E-state index in [9.17, 15) is 18.0 Å². The highest BCUT2D eigenvalue weighted by atomic mass is 32.2. The Bertz CT molecular complexity index is 822. The van der Waals surface area contributed by atoms with Crippen LogP contribution in [0.25, 0.3) is 0 Å². The Hall–Kier alpha value is -1.41. The molecule has 0 rings (SSSR count). The molecule has 1 atom stereocenters. The minimum atomic E-state index is -4.13. The van der Waals surface area contributed by atoms with E-state index in [0.29, 0.717) is 6.42 Å². The summed E-state index contributed by atoms with van der Waals surface area (Å²) in [4.78, 5) is 23.8. The number of hydrogen-bond donors (Lipinski definition) is 1. The first-order valence-corrected chi connectivity index (χ1v) is 19.7. The van der Waals surface area contributed by atoms with E-state index in [2.05, 4.69) is 6.92 Å². The van der Waals surface area contributed by atoms with Gasteiger partial charge in [-0.3, -0.25) is 9.35 Å². The Morgan fingerprint density at radius 2 is 1.07 bits per heavy atom. The SMILES string of the molecule is CCCCCCCCCCCCCCCCCCCCCCC(=O)O[C@H](C)CCCCC/C(C)=C\C(=O)OCCS(=O)(=O)O. The fraction of sp³-hybridized carbons (Fsp3) is 0.889. The van der Waals surface area contributed by atoms with Crippen molar-refractivity contribution in [1.82, 2.24) is 0 Å². The van der Waals surface area contributed by atoms with Crippen molar-refractivity contribution in [3.63, 3.8) is 0 Å². The number of hydrogen-bond acceptors (Lipinski definition) is 6. The normalized spacial score (nSPS) is 12.8. The van der Waals surface area contributed by atoms with Gasteiger partial charge in [-0.1, -0.05) is 141 Å². The van der Waals surface area contributed by atoms with Gasteiger partial charge in [-0.2, -0.15) is 8.42 Å². The molecule has 1 N–H and O–H groups in total. The summed E-state index contributed by atoms with van der Waals surface area (Å²) in [5.41, 5.74) is 0.858. The van der Waals surface area contributed by atoms with E-state index in [0.717, 1.165) is 50.5 Å². The van der Waals surface area contributed by atoms with E-state index in [1.807, 2.05) is 13.8 Å². The maximum atomic E-state index is 12.1. The van der Waals surface area contributed by atoms with Gasteiger partial charge in [0.1, 0.15) is 12.4 Å². The molecule has 0 saturated carbocycles. The lowest BCUT2D eigenvalue weighted by Gasteiger charge is -2.13. The largest absolute Gasteiger partial charge is 0.463 e. The quantitative estimate of drug-likeness (QED) is 0.0336. The summed E-state index contributed by atoms with van der Waals surface area (Å²) in [6, 6.07) is 0. The molecule has 0 bridgehead atoms. The Labute approximate surface area is 271 Å². The van der Waals surface area contributed by atoms with Crippen molar-refractivity contribution in [1.29, 1.82) is 0 Å². The summed E-state index contributed by atoms with van der Waals surface area (Å²) in [7, 11) is -4.13. The van der Waals surface area contributed by atoms with Crippen molar-refractivity contribution >= 4 is 22.1 Å². The second-order valence-corrected chi connectivity index (χ2v) is 14.4. The molecule has 0 amide bonds. The van der Waals surface area contributed by atoms with Crippen molar-refractivity contribution in [3.05, 3.63) is 11.6 Å². The standard InChI is InChI=1S/C36H68O7S/c1-4-5-6-7-8-9-10-11-12-13-14-15-16-17-18-19-20-21-22-26-29-35(37)43-34(3)28-25-23-24-27-33(2)32-36(38)42-30-31-44(39,40)41/h32,34H,4-31H2,1-3H3,(H,39,40,41)/b33-32-/t34-/m1/s1. The van der Waals surface area contributed by atoms with E-state index in [4.69, 9.17) is 14.0 Å². The lowest BCUT2D eigenvalue weighted by Crippen LogP contribution is -2.14. The topological polar surface area (TPSA) is 107 Å². The number of carbonyl (C=O) groups excluding carboxylic acids is 2. The van der Waals surface area contributed by atoms with Crippen LogP contribution >= 0.6 is 0 Å². The molecular weight excluding hydrogens is 576 g/mol. The van der Waals surface area contributed by atoms with Crippen molar-refractivity contribution in [2.75, 3.05) is 12.4 Å². The van der Waals surface area contributed by atoms with Crippen LogP contribution in [-0.2, 0) is 29.2 Å². The molecule has 0 radical (unpaired) electrons. The van der Waals surface area contributed by atoms with Crippen LogP contribution in [-0.4, -0.2) is 43.4 Å².